The number of benzene rings is 1. The number of rotatable bonds is 4. The lowest BCUT2D eigenvalue weighted by Gasteiger charge is -2.07. The van der Waals surface area contributed by atoms with Gasteiger partial charge in [0.05, 0.1) is 0 Å². The van der Waals surface area contributed by atoms with E-state index >= 15 is 0 Å². The molecule has 5 heteroatoms. The fourth-order valence-electron chi connectivity index (χ4n) is 1.88. The quantitative estimate of drug-likeness (QED) is 0.889. The van der Waals surface area contributed by atoms with E-state index in [0.29, 0.717) is 24.9 Å². The smallest absolute Gasteiger partial charge is 0.330 e. The fourth-order valence-corrected chi connectivity index (χ4v) is 2.97. The van der Waals surface area contributed by atoms with Crippen molar-refractivity contribution in [2.24, 2.45) is 5.73 Å². The summed E-state index contributed by atoms with van der Waals surface area (Å²) in [5, 5.41) is 0. The van der Waals surface area contributed by atoms with Gasteiger partial charge >= 0.3 is 6.18 Å². The molecule has 0 aliphatic carbocycles. The van der Waals surface area contributed by atoms with Gasteiger partial charge in [0, 0.05) is 10.4 Å². The number of thiophene rings is 1. The molecule has 0 saturated heterocycles. The largest absolute Gasteiger partial charge is 0.426 e. The van der Waals surface area contributed by atoms with E-state index in [-0.39, 0.29) is 5.56 Å². The zero-order valence-corrected chi connectivity index (χ0v) is 11.0. The Balaban J connectivity index is 2.43. The molecular formula is C14H14F3NS. The molecule has 0 atom stereocenters. The van der Waals surface area contributed by atoms with Crippen molar-refractivity contribution >= 4 is 11.3 Å². The Labute approximate surface area is 113 Å². The molecule has 0 bridgehead atoms. The van der Waals surface area contributed by atoms with Gasteiger partial charge in [-0.1, -0.05) is 30.3 Å². The van der Waals surface area contributed by atoms with Gasteiger partial charge < -0.3 is 5.73 Å². The molecular weight excluding hydrogens is 271 g/mol. The molecule has 2 N–H and O–H groups in total. The van der Waals surface area contributed by atoms with Crippen LogP contribution in [-0.2, 0) is 12.6 Å². The third kappa shape index (κ3) is 3.36. The molecule has 1 heterocycles. The Morgan fingerprint density at radius 2 is 1.79 bits per heavy atom. The average Bonchev–Trinajstić information content (AvgIpc) is 2.81. The molecule has 1 aromatic heterocycles. The number of nitrogens with two attached hydrogens (primary N) is 1. The van der Waals surface area contributed by atoms with Crippen LogP contribution in [0.1, 0.15) is 16.2 Å². The van der Waals surface area contributed by atoms with E-state index < -0.39 is 11.1 Å². The first kappa shape index (κ1) is 14.1. The van der Waals surface area contributed by atoms with Gasteiger partial charge in [-0.25, -0.2) is 0 Å². The minimum absolute atomic E-state index is 0.269. The van der Waals surface area contributed by atoms with E-state index in [1.807, 2.05) is 0 Å². The first-order valence-corrected chi connectivity index (χ1v) is 6.79. The van der Waals surface area contributed by atoms with Crippen molar-refractivity contribution in [3.05, 3.63) is 46.2 Å². The maximum atomic E-state index is 13.1. The third-order valence-electron chi connectivity index (χ3n) is 2.75. The topological polar surface area (TPSA) is 26.0 Å². The zero-order chi connectivity index (χ0) is 13.9. The van der Waals surface area contributed by atoms with Crippen LogP contribution in [0.25, 0.3) is 11.1 Å². The van der Waals surface area contributed by atoms with Crippen molar-refractivity contribution in [3.8, 4) is 11.1 Å². The predicted molar refractivity (Wildman–Crippen MR) is 72.1 cm³/mol. The molecule has 0 aliphatic heterocycles. The van der Waals surface area contributed by atoms with Crippen LogP contribution in [0.15, 0.2) is 36.4 Å². The zero-order valence-electron chi connectivity index (χ0n) is 10.2. The van der Waals surface area contributed by atoms with Crippen molar-refractivity contribution in [1.29, 1.82) is 0 Å². The molecule has 0 radical (unpaired) electrons. The van der Waals surface area contributed by atoms with E-state index in [1.54, 1.807) is 36.4 Å². The van der Waals surface area contributed by atoms with Crippen LogP contribution >= 0.6 is 11.3 Å². The standard InChI is InChI=1S/C14H14F3NS/c15-14(16,17)13-12(10-5-2-1-3-6-10)9-11(19-13)7-4-8-18/h1-3,5-6,9H,4,7-8,18H2. The van der Waals surface area contributed by atoms with Crippen molar-refractivity contribution in [3.63, 3.8) is 0 Å². The van der Waals surface area contributed by atoms with Crippen molar-refractivity contribution in [2.45, 2.75) is 19.0 Å². The summed E-state index contributed by atoms with van der Waals surface area (Å²) in [6.45, 7) is 0.486. The SMILES string of the molecule is NCCCc1cc(-c2ccccc2)c(C(F)(F)F)s1. The summed E-state index contributed by atoms with van der Waals surface area (Å²) in [6, 6.07) is 10.3. The monoisotopic (exact) mass is 285 g/mol. The molecule has 19 heavy (non-hydrogen) atoms. The molecule has 0 saturated carbocycles. The number of aryl methyl sites for hydroxylation is 1. The Kier molecular flexibility index (Phi) is 4.27. The van der Waals surface area contributed by atoms with Crippen LogP contribution in [0.4, 0.5) is 13.2 Å². The highest BCUT2D eigenvalue weighted by Crippen LogP contribution is 2.42. The van der Waals surface area contributed by atoms with Crippen molar-refractivity contribution in [2.75, 3.05) is 6.54 Å². The average molecular weight is 285 g/mol. The first-order valence-electron chi connectivity index (χ1n) is 5.98. The molecule has 1 nitrogen and oxygen atoms in total. The van der Waals surface area contributed by atoms with Gasteiger partial charge in [0.1, 0.15) is 4.88 Å². The lowest BCUT2D eigenvalue weighted by Crippen LogP contribution is -2.03. The maximum Gasteiger partial charge on any atom is 0.426 e. The molecule has 1 aromatic carbocycles. The van der Waals surface area contributed by atoms with Crippen LogP contribution in [0.3, 0.4) is 0 Å². The van der Waals surface area contributed by atoms with Gasteiger partial charge in [0.2, 0.25) is 0 Å². The molecule has 0 amide bonds. The third-order valence-corrected chi connectivity index (χ3v) is 3.99. The van der Waals surface area contributed by atoms with Crippen molar-refractivity contribution in [1.82, 2.24) is 0 Å². The van der Waals surface area contributed by atoms with Gasteiger partial charge in [-0.15, -0.1) is 11.3 Å². The van der Waals surface area contributed by atoms with Gasteiger partial charge in [0.25, 0.3) is 0 Å². The van der Waals surface area contributed by atoms with E-state index in [1.165, 1.54) is 0 Å². The Bertz CT molecular complexity index is 531. The van der Waals surface area contributed by atoms with Crippen LogP contribution < -0.4 is 5.73 Å². The van der Waals surface area contributed by atoms with Gasteiger partial charge in [-0.05, 0) is 31.0 Å². The second kappa shape index (κ2) is 5.75. The highest BCUT2D eigenvalue weighted by molar-refractivity contribution is 7.12. The summed E-state index contributed by atoms with van der Waals surface area (Å²) < 4.78 is 39.2. The predicted octanol–water partition coefficient (Wildman–Crippen LogP) is 4.33. The van der Waals surface area contributed by atoms with E-state index in [0.717, 1.165) is 16.2 Å². The Morgan fingerprint density at radius 3 is 2.37 bits per heavy atom. The Hall–Kier alpha value is -1.33. The summed E-state index contributed by atoms with van der Waals surface area (Å²) in [5.74, 6) is 0. The van der Waals surface area contributed by atoms with E-state index in [4.69, 9.17) is 5.73 Å². The van der Waals surface area contributed by atoms with E-state index in [9.17, 15) is 13.2 Å². The lowest BCUT2D eigenvalue weighted by atomic mass is 10.1. The van der Waals surface area contributed by atoms with Crippen LogP contribution in [0.5, 0.6) is 0 Å². The molecule has 0 aliphatic rings. The fraction of sp³-hybridized carbons (Fsp3) is 0.286. The second-order valence-electron chi connectivity index (χ2n) is 4.21. The number of alkyl halides is 3. The second-order valence-corrected chi connectivity index (χ2v) is 5.35. The van der Waals surface area contributed by atoms with Crippen LogP contribution in [0.2, 0.25) is 0 Å². The summed E-state index contributed by atoms with van der Waals surface area (Å²) in [4.78, 5) is 0.211. The number of hydrogen-bond acceptors (Lipinski definition) is 2. The summed E-state index contributed by atoms with van der Waals surface area (Å²) in [5.41, 5.74) is 6.27. The summed E-state index contributed by atoms with van der Waals surface area (Å²) in [7, 11) is 0. The minimum Gasteiger partial charge on any atom is -0.330 e. The van der Waals surface area contributed by atoms with E-state index in [2.05, 4.69) is 0 Å². The molecule has 0 unspecified atom stereocenters. The van der Waals surface area contributed by atoms with Gasteiger partial charge in [0.15, 0.2) is 0 Å². The number of halogens is 3. The summed E-state index contributed by atoms with van der Waals surface area (Å²) >= 11 is 0.821. The van der Waals surface area contributed by atoms with Crippen LogP contribution in [0, 0.1) is 0 Å². The molecule has 2 aromatic rings. The first-order chi connectivity index (χ1) is 9.02. The lowest BCUT2D eigenvalue weighted by molar-refractivity contribution is -0.133. The highest BCUT2D eigenvalue weighted by atomic mass is 32.1. The minimum atomic E-state index is -4.31. The normalized spacial score (nSPS) is 11.8. The Morgan fingerprint density at radius 1 is 1.11 bits per heavy atom. The van der Waals surface area contributed by atoms with Crippen LogP contribution in [-0.4, -0.2) is 6.54 Å². The van der Waals surface area contributed by atoms with Gasteiger partial charge in [-0.2, -0.15) is 13.2 Å². The molecule has 2 rings (SSSR count). The summed E-state index contributed by atoms with van der Waals surface area (Å²) in [6.07, 6.45) is -3.01. The number of hydrogen-bond donors (Lipinski definition) is 1. The molecule has 102 valence electrons. The van der Waals surface area contributed by atoms with Gasteiger partial charge in [-0.3, -0.25) is 0 Å². The highest BCUT2D eigenvalue weighted by Gasteiger charge is 2.36. The maximum absolute atomic E-state index is 13.1. The molecule has 0 fully saturated rings. The van der Waals surface area contributed by atoms with Crippen molar-refractivity contribution < 1.29 is 13.2 Å². The molecule has 0 spiro atoms.